The van der Waals surface area contributed by atoms with Crippen LogP contribution in [0.2, 0.25) is 0 Å². The second-order valence-electron chi connectivity index (χ2n) is 7.44. The smallest absolute Gasteiger partial charge is 0.330 e. The molecule has 7 nitrogen and oxygen atoms in total. The van der Waals surface area contributed by atoms with Crippen LogP contribution in [0.5, 0.6) is 0 Å². The molecule has 0 fully saturated rings. The number of H-pyrrole nitrogens is 1. The van der Waals surface area contributed by atoms with E-state index in [1.165, 1.54) is 23.8 Å². The van der Waals surface area contributed by atoms with Crippen LogP contribution in [0.15, 0.2) is 63.7 Å². The molecule has 1 aliphatic heterocycles. The van der Waals surface area contributed by atoms with Crippen molar-refractivity contribution in [1.29, 1.82) is 0 Å². The number of ketones is 1. The summed E-state index contributed by atoms with van der Waals surface area (Å²) in [5.41, 5.74) is 1.83. The number of fused-ring (bicyclic) bond motifs is 3. The molecule has 156 valence electrons. The SMILES string of the molecule is COCCn1c2c(c(=O)[nH]c1=O)[C@H](c1ccc(F)cc1)C1=C(N2)c2ccccc2C1=O. The average molecular weight is 419 g/mol. The Kier molecular flexibility index (Phi) is 4.44. The number of aromatic nitrogens is 2. The minimum Gasteiger partial charge on any atom is -0.383 e. The fourth-order valence-corrected chi connectivity index (χ4v) is 4.35. The van der Waals surface area contributed by atoms with Crippen molar-refractivity contribution in [2.45, 2.75) is 12.5 Å². The summed E-state index contributed by atoms with van der Waals surface area (Å²) in [5, 5.41) is 3.19. The lowest BCUT2D eigenvalue weighted by Crippen LogP contribution is -2.38. The summed E-state index contributed by atoms with van der Waals surface area (Å²) in [7, 11) is 1.52. The van der Waals surface area contributed by atoms with Gasteiger partial charge in [-0.2, -0.15) is 0 Å². The number of Topliss-reactive ketones (excluding diaryl/α,β-unsaturated/α-hetero) is 1. The van der Waals surface area contributed by atoms with E-state index in [2.05, 4.69) is 10.3 Å². The predicted molar refractivity (Wildman–Crippen MR) is 113 cm³/mol. The number of benzene rings is 2. The quantitative estimate of drug-likeness (QED) is 0.678. The molecular weight excluding hydrogens is 401 g/mol. The van der Waals surface area contributed by atoms with Gasteiger partial charge in [0.25, 0.3) is 5.56 Å². The van der Waals surface area contributed by atoms with Crippen molar-refractivity contribution in [3.63, 3.8) is 0 Å². The zero-order valence-electron chi connectivity index (χ0n) is 16.6. The molecule has 0 spiro atoms. The van der Waals surface area contributed by atoms with Gasteiger partial charge in [-0.1, -0.05) is 36.4 Å². The number of methoxy groups -OCH3 is 1. The number of nitrogens with zero attached hydrogens (tertiary/aromatic N) is 1. The Morgan fingerprint density at radius 3 is 2.45 bits per heavy atom. The maximum Gasteiger partial charge on any atom is 0.330 e. The minimum atomic E-state index is -0.759. The van der Waals surface area contributed by atoms with Crippen molar-refractivity contribution >= 4 is 17.3 Å². The highest BCUT2D eigenvalue weighted by Crippen LogP contribution is 2.47. The fourth-order valence-electron chi connectivity index (χ4n) is 4.35. The van der Waals surface area contributed by atoms with Gasteiger partial charge in [0, 0.05) is 29.7 Å². The van der Waals surface area contributed by atoms with E-state index >= 15 is 0 Å². The topological polar surface area (TPSA) is 93.2 Å². The molecule has 2 aliphatic rings. The Labute approximate surface area is 175 Å². The molecule has 0 amide bonds. The van der Waals surface area contributed by atoms with Crippen LogP contribution in [0.3, 0.4) is 0 Å². The van der Waals surface area contributed by atoms with Crippen LogP contribution in [0.4, 0.5) is 10.2 Å². The zero-order valence-corrected chi connectivity index (χ0v) is 16.6. The van der Waals surface area contributed by atoms with Gasteiger partial charge in [0.15, 0.2) is 5.78 Å². The van der Waals surface area contributed by atoms with E-state index in [-0.39, 0.29) is 24.5 Å². The van der Waals surface area contributed by atoms with Crippen LogP contribution < -0.4 is 16.6 Å². The van der Waals surface area contributed by atoms with E-state index < -0.39 is 23.0 Å². The van der Waals surface area contributed by atoms with Gasteiger partial charge in [0.05, 0.1) is 24.4 Å². The van der Waals surface area contributed by atoms with E-state index in [0.29, 0.717) is 33.8 Å². The predicted octanol–water partition coefficient (Wildman–Crippen LogP) is 2.49. The lowest BCUT2D eigenvalue weighted by molar-refractivity contribution is 0.103. The summed E-state index contributed by atoms with van der Waals surface area (Å²) in [4.78, 5) is 41.3. The summed E-state index contributed by atoms with van der Waals surface area (Å²) >= 11 is 0. The molecule has 0 unspecified atom stereocenters. The summed E-state index contributed by atoms with van der Waals surface area (Å²) in [6, 6.07) is 12.8. The Bertz CT molecular complexity index is 1370. The summed E-state index contributed by atoms with van der Waals surface area (Å²) in [6.07, 6.45) is 0. The number of aromatic amines is 1. The van der Waals surface area contributed by atoms with Gasteiger partial charge < -0.3 is 10.1 Å². The van der Waals surface area contributed by atoms with Crippen LogP contribution in [-0.2, 0) is 11.3 Å². The van der Waals surface area contributed by atoms with Crippen LogP contribution in [0.1, 0.15) is 33.0 Å². The number of anilines is 1. The molecule has 31 heavy (non-hydrogen) atoms. The van der Waals surface area contributed by atoms with Crippen LogP contribution in [0, 0.1) is 5.82 Å². The number of hydrogen-bond acceptors (Lipinski definition) is 5. The fraction of sp³-hybridized carbons (Fsp3) is 0.174. The number of rotatable bonds is 4. The molecular formula is C23H18FN3O4. The number of carbonyl (C=O) groups is 1. The average Bonchev–Trinajstić information content (AvgIpc) is 3.05. The zero-order chi connectivity index (χ0) is 21.7. The first-order valence-corrected chi connectivity index (χ1v) is 9.78. The number of nitrogens with one attached hydrogen (secondary N) is 2. The van der Waals surface area contributed by atoms with Gasteiger partial charge in [-0.3, -0.25) is 19.1 Å². The first-order chi connectivity index (χ1) is 15.0. The normalized spacial score (nSPS) is 16.6. The van der Waals surface area contributed by atoms with Crippen LogP contribution in [0.25, 0.3) is 5.70 Å². The van der Waals surface area contributed by atoms with Gasteiger partial charge in [0.1, 0.15) is 11.6 Å². The molecule has 1 atom stereocenters. The monoisotopic (exact) mass is 419 g/mol. The Balaban J connectivity index is 1.82. The number of hydrogen-bond donors (Lipinski definition) is 2. The lowest BCUT2D eigenvalue weighted by atomic mass is 9.81. The molecule has 2 N–H and O–H groups in total. The van der Waals surface area contributed by atoms with Gasteiger partial charge in [0.2, 0.25) is 0 Å². The van der Waals surface area contributed by atoms with Gasteiger partial charge in [-0.05, 0) is 17.7 Å². The summed E-state index contributed by atoms with van der Waals surface area (Å²) in [5.74, 6) is -1.08. The van der Waals surface area contributed by atoms with E-state index in [9.17, 15) is 18.8 Å². The Hall–Kier alpha value is -3.78. The standard InChI is InChI=1S/C23H18FN3O4/c1-31-11-10-27-21-18(22(29)26-23(27)30)16(12-6-8-13(24)9-7-12)17-19(25-21)14-4-2-3-5-15(14)20(17)28/h2-9,16,25H,10-11H2,1H3,(H,26,29,30)/t16-/m1/s1. The maximum atomic E-state index is 13.6. The molecule has 8 heteroatoms. The van der Waals surface area contributed by atoms with Crippen LogP contribution in [-0.4, -0.2) is 29.1 Å². The van der Waals surface area contributed by atoms with E-state index in [0.717, 1.165) is 0 Å². The number of ether oxygens (including phenoxy) is 1. The highest BCUT2D eigenvalue weighted by molar-refractivity contribution is 6.23. The molecule has 0 bridgehead atoms. The van der Waals surface area contributed by atoms with Gasteiger partial charge >= 0.3 is 5.69 Å². The van der Waals surface area contributed by atoms with E-state index in [1.807, 2.05) is 12.1 Å². The lowest BCUT2D eigenvalue weighted by Gasteiger charge is -2.29. The van der Waals surface area contributed by atoms with Crippen molar-refractivity contribution in [2.75, 3.05) is 19.0 Å². The molecule has 1 aromatic heterocycles. The van der Waals surface area contributed by atoms with Crippen molar-refractivity contribution in [2.24, 2.45) is 0 Å². The van der Waals surface area contributed by atoms with E-state index in [1.54, 1.807) is 24.3 Å². The molecule has 0 saturated carbocycles. The van der Waals surface area contributed by atoms with Crippen molar-refractivity contribution < 1.29 is 13.9 Å². The van der Waals surface area contributed by atoms with Crippen LogP contribution >= 0.6 is 0 Å². The number of allylic oxidation sites excluding steroid dienone is 1. The van der Waals surface area contributed by atoms with Gasteiger partial charge in [-0.25, -0.2) is 9.18 Å². The molecule has 0 radical (unpaired) electrons. The Morgan fingerprint density at radius 1 is 1.03 bits per heavy atom. The van der Waals surface area contributed by atoms with Crippen molar-refractivity contribution in [1.82, 2.24) is 9.55 Å². The minimum absolute atomic E-state index is 0.202. The second-order valence-corrected chi connectivity index (χ2v) is 7.44. The molecule has 1 aliphatic carbocycles. The first-order valence-electron chi connectivity index (χ1n) is 9.78. The Morgan fingerprint density at radius 2 is 1.74 bits per heavy atom. The highest BCUT2D eigenvalue weighted by atomic mass is 19.1. The third kappa shape index (κ3) is 2.87. The highest BCUT2D eigenvalue weighted by Gasteiger charge is 2.42. The van der Waals surface area contributed by atoms with Crippen molar-refractivity contribution in [3.8, 4) is 0 Å². The molecule has 2 heterocycles. The number of carbonyl (C=O) groups excluding carboxylic acids is 1. The molecule has 0 saturated heterocycles. The summed E-state index contributed by atoms with van der Waals surface area (Å²) in [6.45, 7) is 0.457. The third-order valence-corrected chi connectivity index (χ3v) is 5.73. The third-order valence-electron chi connectivity index (χ3n) is 5.73. The molecule has 2 aromatic carbocycles. The van der Waals surface area contributed by atoms with Crippen molar-refractivity contribution in [3.05, 3.63) is 103 Å². The van der Waals surface area contributed by atoms with Gasteiger partial charge in [-0.15, -0.1) is 0 Å². The largest absolute Gasteiger partial charge is 0.383 e. The molecule has 3 aromatic rings. The number of halogens is 1. The van der Waals surface area contributed by atoms with E-state index in [4.69, 9.17) is 4.74 Å². The summed E-state index contributed by atoms with van der Waals surface area (Å²) < 4.78 is 20.1. The maximum absolute atomic E-state index is 13.6. The second kappa shape index (κ2) is 7.17. The molecule has 5 rings (SSSR count). The first kappa shape index (κ1) is 19.2.